The zero-order chi connectivity index (χ0) is 14.8. The van der Waals surface area contributed by atoms with Gasteiger partial charge in [-0.1, -0.05) is 0 Å². The Hall–Kier alpha value is -0.814. The smallest absolute Gasteiger partial charge is 0.457 e. The third-order valence-electron chi connectivity index (χ3n) is 2.40. The predicted octanol–water partition coefficient (Wildman–Crippen LogP) is -0.362. The Balaban J connectivity index is 0.00000220. The topological polar surface area (TPSA) is 107 Å². The number of ether oxygens (including phenoxy) is 1. The minimum absolute atomic E-state index is 0. The van der Waals surface area contributed by atoms with Gasteiger partial charge < -0.3 is 4.74 Å². The number of nitro benzene ring substituents is 1. The van der Waals surface area contributed by atoms with Crippen molar-refractivity contribution >= 4 is 15.8 Å². The van der Waals surface area contributed by atoms with Crippen molar-refractivity contribution in [1.29, 1.82) is 0 Å². The maximum atomic E-state index is 10.9. The Morgan fingerprint density at radius 2 is 1.38 bits per heavy atom. The minimum Gasteiger partial charge on any atom is -0.457 e. The minimum atomic E-state index is -4.24. The predicted molar refractivity (Wildman–Crippen MR) is 69.4 cm³/mol. The van der Waals surface area contributed by atoms with Crippen molar-refractivity contribution in [3.63, 3.8) is 0 Å². The summed E-state index contributed by atoms with van der Waals surface area (Å²) in [5, 5.41) is 10.5. The molecule has 0 fully saturated rings. The van der Waals surface area contributed by atoms with Gasteiger partial charge in [0.25, 0.3) is 15.8 Å². The van der Waals surface area contributed by atoms with E-state index in [1.54, 1.807) is 0 Å². The van der Waals surface area contributed by atoms with Crippen LogP contribution >= 0.6 is 0 Å². The second kappa shape index (κ2) is 7.45. The molecular formula is C12H9KNO6S+. The molecule has 0 saturated heterocycles. The first-order chi connectivity index (χ1) is 9.36. The number of hydrogen-bond donors (Lipinski definition) is 1. The van der Waals surface area contributed by atoms with Gasteiger partial charge in [0.05, 0.1) is 9.82 Å². The first kappa shape index (κ1) is 18.2. The van der Waals surface area contributed by atoms with E-state index in [0.717, 1.165) is 0 Å². The van der Waals surface area contributed by atoms with Crippen LogP contribution in [0.2, 0.25) is 0 Å². The molecule has 0 amide bonds. The van der Waals surface area contributed by atoms with E-state index < -0.39 is 15.0 Å². The summed E-state index contributed by atoms with van der Waals surface area (Å²) in [4.78, 5) is 9.72. The molecule has 2 aromatic carbocycles. The van der Waals surface area contributed by atoms with Crippen LogP contribution in [0.1, 0.15) is 0 Å². The van der Waals surface area contributed by atoms with Crippen LogP contribution in [0.4, 0.5) is 5.69 Å². The fraction of sp³-hybridized carbons (Fsp3) is 0. The first-order valence-corrected chi connectivity index (χ1v) is 6.80. The van der Waals surface area contributed by atoms with Gasteiger partial charge >= 0.3 is 51.4 Å². The molecule has 2 aromatic rings. The SMILES string of the molecule is O=[N+]([O-])c1ccc(Oc2ccc(S(=O)(=O)O)cc2)cc1.[K+]. The van der Waals surface area contributed by atoms with Crippen molar-refractivity contribution in [2.45, 2.75) is 4.90 Å². The number of non-ortho nitro benzene ring substituents is 1. The summed E-state index contributed by atoms with van der Waals surface area (Å²) in [5.74, 6) is 0.710. The molecule has 0 bridgehead atoms. The van der Waals surface area contributed by atoms with Crippen molar-refractivity contribution in [3.8, 4) is 11.5 Å². The molecule has 0 aliphatic heterocycles. The zero-order valence-corrected chi connectivity index (χ0v) is 14.9. The van der Waals surface area contributed by atoms with Gasteiger partial charge in [0.1, 0.15) is 11.5 Å². The number of nitro groups is 1. The average Bonchev–Trinajstić information content (AvgIpc) is 2.39. The molecule has 0 saturated carbocycles. The van der Waals surface area contributed by atoms with Gasteiger partial charge in [-0.2, -0.15) is 8.42 Å². The largest absolute Gasteiger partial charge is 1.00 e. The van der Waals surface area contributed by atoms with Crippen LogP contribution in [-0.2, 0) is 10.1 Å². The van der Waals surface area contributed by atoms with Gasteiger partial charge in [-0.25, -0.2) is 0 Å². The van der Waals surface area contributed by atoms with Gasteiger partial charge in [0, 0.05) is 12.1 Å². The van der Waals surface area contributed by atoms with Crippen LogP contribution in [0, 0.1) is 10.1 Å². The van der Waals surface area contributed by atoms with Gasteiger partial charge in [-0.05, 0) is 36.4 Å². The maximum absolute atomic E-state index is 10.9. The Labute approximate surface area is 163 Å². The normalized spacial score (nSPS) is 10.5. The van der Waals surface area contributed by atoms with Crippen molar-refractivity contribution in [2.24, 2.45) is 0 Å². The monoisotopic (exact) mass is 334 g/mol. The molecule has 0 aliphatic rings. The Kier molecular flexibility index (Phi) is 6.47. The van der Waals surface area contributed by atoms with E-state index >= 15 is 0 Å². The van der Waals surface area contributed by atoms with Gasteiger partial charge in [-0.3, -0.25) is 14.7 Å². The zero-order valence-electron chi connectivity index (χ0n) is 11.0. The quantitative estimate of drug-likeness (QED) is 0.354. The molecule has 0 spiro atoms. The Morgan fingerprint density at radius 1 is 0.952 bits per heavy atom. The van der Waals surface area contributed by atoms with E-state index in [-0.39, 0.29) is 62.0 Å². The number of hydrogen-bond acceptors (Lipinski definition) is 5. The van der Waals surface area contributed by atoms with Crippen LogP contribution in [0.3, 0.4) is 0 Å². The summed E-state index contributed by atoms with van der Waals surface area (Å²) in [7, 11) is -4.24. The van der Waals surface area contributed by atoms with Crippen molar-refractivity contribution < 1.29 is 74.0 Å². The summed E-state index contributed by atoms with van der Waals surface area (Å²) in [6, 6.07) is 10.6. The summed E-state index contributed by atoms with van der Waals surface area (Å²) in [5.41, 5.74) is -0.0564. The summed E-state index contributed by atoms with van der Waals surface area (Å²) in [6.45, 7) is 0. The molecular weight excluding hydrogens is 325 g/mol. The van der Waals surface area contributed by atoms with Crippen LogP contribution in [0.15, 0.2) is 53.4 Å². The van der Waals surface area contributed by atoms with E-state index in [2.05, 4.69) is 0 Å². The molecule has 0 heterocycles. The van der Waals surface area contributed by atoms with Crippen molar-refractivity contribution in [3.05, 3.63) is 58.6 Å². The number of rotatable bonds is 4. The fourth-order valence-electron chi connectivity index (χ4n) is 1.45. The van der Waals surface area contributed by atoms with E-state index in [1.807, 2.05) is 0 Å². The molecule has 7 nitrogen and oxygen atoms in total. The number of nitrogens with zero attached hydrogens (tertiary/aromatic N) is 1. The van der Waals surface area contributed by atoms with E-state index in [0.29, 0.717) is 11.5 Å². The summed E-state index contributed by atoms with van der Waals surface area (Å²) >= 11 is 0. The third-order valence-corrected chi connectivity index (χ3v) is 3.27. The number of benzene rings is 2. The van der Waals surface area contributed by atoms with Crippen LogP contribution in [-0.4, -0.2) is 17.9 Å². The summed E-state index contributed by atoms with van der Waals surface area (Å²) < 4.78 is 35.9. The molecule has 1 N–H and O–H groups in total. The third kappa shape index (κ3) is 5.15. The molecule has 0 radical (unpaired) electrons. The molecule has 0 unspecified atom stereocenters. The molecule has 0 aromatic heterocycles. The molecule has 2 rings (SSSR count). The molecule has 104 valence electrons. The van der Waals surface area contributed by atoms with E-state index in [4.69, 9.17) is 9.29 Å². The Bertz CT molecular complexity index is 727. The first-order valence-electron chi connectivity index (χ1n) is 5.36. The molecule has 0 atom stereocenters. The van der Waals surface area contributed by atoms with Crippen LogP contribution < -0.4 is 56.1 Å². The van der Waals surface area contributed by atoms with Crippen LogP contribution in [0.5, 0.6) is 11.5 Å². The van der Waals surface area contributed by atoms with Crippen LogP contribution in [0.25, 0.3) is 0 Å². The van der Waals surface area contributed by atoms with Gasteiger partial charge in [-0.15, -0.1) is 0 Å². The van der Waals surface area contributed by atoms with Crippen molar-refractivity contribution in [2.75, 3.05) is 0 Å². The molecule has 9 heteroatoms. The van der Waals surface area contributed by atoms with Gasteiger partial charge in [0.15, 0.2) is 0 Å². The molecule has 0 aliphatic carbocycles. The van der Waals surface area contributed by atoms with E-state index in [9.17, 15) is 18.5 Å². The average molecular weight is 334 g/mol. The Morgan fingerprint density at radius 3 is 1.76 bits per heavy atom. The second-order valence-electron chi connectivity index (χ2n) is 3.80. The summed E-state index contributed by atoms with van der Waals surface area (Å²) in [6.07, 6.45) is 0. The standard InChI is InChI=1S/C12H9NO6S.K/c14-13(15)9-1-3-10(4-2-9)19-11-5-7-12(8-6-11)20(16,17)18;/h1-8H,(H,16,17,18);/q;+1. The maximum Gasteiger partial charge on any atom is 1.00 e. The van der Waals surface area contributed by atoms with Crippen molar-refractivity contribution in [1.82, 2.24) is 0 Å². The fourth-order valence-corrected chi connectivity index (χ4v) is 1.93. The van der Waals surface area contributed by atoms with Gasteiger partial charge in [0.2, 0.25) is 0 Å². The second-order valence-corrected chi connectivity index (χ2v) is 5.22. The van der Waals surface area contributed by atoms with E-state index in [1.165, 1.54) is 48.5 Å². The molecule has 21 heavy (non-hydrogen) atoms.